The lowest BCUT2D eigenvalue weighted by molar-refractivity contribution is -0.896. The first-order chi connectivity index (χ1) is 12.6. The largest absolute Gasteiger partial charge is 0.347 e. The van der Waals surface area contributed by atoms with Crippen molar-refractivity contribution in [3.63, 3.8) is 0 Å². The van der Waals surface area contributed by atoms with Gasteiger partial charge < -0.3 is 15.1 Å². The Morgan fingerprint density at radius 1 is 1.00 bits per heavy atom. The third-order valence-corrected chi connectivity index (χ3v) is 4.99. The summed E-state index contributed by atoms with van der Waals surface area (Å²) < 4.78 is 0. The Hall–Kier alpha value is -2.37. The zero-order valence-electron chi connectivity index (χ0n) is 14.6. The number of nitrogens with one attached hydrogen (secondary N) is 2. The number of carbonyl (C=O) groups excluding carboxylic acids is 2. The van der Waals surface area contributed by atoms with E-state index in [-0.39, 0.29) is 11.8 Å². The van der Waals surface area contributed by atoms with Gasteiger partial charge in [-0.15, -0.1) is 0 Å². The Bertz CT molecular complexity index is 759. The summed E-state index contributed by atoms with van der Waals surface area (Å²) in [6, 6.07) is 16.8. The fourth-order valence-electron chi connectivity index (χ4n) is 3.09. The number of hydrogen-bond acceptors (Lipinski definition) is 2. The molecule has 136 valence electrons. The van der Waals surface area contributed by atoms with Gasteiger partial charge in [-0.1, -0.05) is 48.0 Å². The lowest BCUT2D eigenvalue weighted by atomic mass is 10.2. The number of piperazine rings is 1. The highest BCUT2D eigenvalue weighted by atomic mass is 35.5. The zero-order chi connectivity index (χ0) is 18.4. The van der Waals surface area contributed by atoms with Gasteiger partial charge in [0.25, 0.3) is 11.8 Å². The summed E-state index contributed by atoms with van der Waals surface area (Å²) in [6.45, 7) is 3.74. The summed E-state index contributed by atoms with van der Waals surface area (Å²) in [5, 5.41) is 3.58. The molecule has 1 aliphatic heterocycles. The van der Waals surface area contributed by atoms with Crippen LogP contribution in [0.1, 0.15) is 15.9 Å². The molecule has 0 aromatic heterocycles. The molecular formula is C20H23ClN3O2+. The van der Waals surface area contributed by atoms with E-state index in [9.17, 15) is 9.59 Å². The third-order valence-electron chi connectivity index (χ3n) is 4.62. The normalized spacial score (nSPS) is 14.9. The minimum Gasteiger partial charge on any atom is -0.347 e. The summed E-state index contributed by atoms with van der Waals surface area (Å²) in [6.07, 6.45) is 0. The Morgan fingerprint density at radius 2 is 1.65 bits per heavy atom. The molecule has 0 bridgehead atoms. The first-order valence-corrected chi connectivity index (χ1v) is 9.19. The van der Waals surface area contributed by atoms with Crippen molar-refractivity contribution in [2.24, 2.45) is 0 Å². The van der Waals surface area contributed by atoms with Crippen LogP contribution in [-0.2, 0) is 11.3 Å². The van der Waals surface area contributed by atoms with E-state index in [2.05, 4.69) is 5.32 Å². The Balaban J connectivity index is 1.43. The van der Waals surface area contributed by atoms with Gasteiger partial charge in [-0.05, 0) is 23.8 Å². The number of rotatable bonds is 5. The average Bonchev–Trinajstić information content (AvgIpc) is 2.68. The molecule has 3 rings (SSSR count). The van der Waals surface area contributed by atoms with Gasteiger partial charge >= 0.3 is 0 Å². The fraction of sp³-hybridized carbons (Fsp3) is 0.300. The van der Waals surface area contributed by atoms with E-state index in [0.29, 0.717) is 36.8 Å². The van der Waals surface area contributed by atoms with E-state index in [4.69, 9.17) is 11.6 Å². The van der Waals surface area contributed by atoms with Gasteiger partial charge in [-0.25, -0.2) is 0 Å². The van der Waals surface area contributed by atoms with Gasteiger partial charge in [-0.2, -0.15) is 0 Å². The molecular weight excluding hydrogens is 350 g/mol. The molecule has 1 saturated heterocycles. The van der Waals surface area contributed by atoms with E-state index in [1.807, 2.05) is 59.5 Å². The fourth-order valence-corrected chi connectivity index (χ4v) is 3.29. The van der Waals surface area contributed by atoms with Crippen molar-refractivity contribution in [3.05, 3.63) is 70.7 Å². The Kier molecular flexibility index (Phi) is 6.26. The van der Waals surface area contributed by atoms with Crippen LogP contribution in [0.25, 0.3) is 0 Å². The van der Waals surface area contributed by atoms with Crippen molar-refractivity contribution in [2.45, 2.75) is 6.54 Å². The standard InChI is InChI=1S/C20H22ClN3O2/c21-18-9-5-4-8-17(18)14-22-19(25)15-23-10-12-24(13-11-23)20(26)16-6-2-1-3-7-16/h1-9H,10-15H2,(H,22,25)/p+1. The number of halogens is 1. The lowest BCUT2D eigenvalue weighted by Crippen LogP contribution is -3.15. The van der Waals surface area contributed by atoms with E-state index in [1.165, 1.54) is 4.90 Å². The molecule has 1 fully saturated rings. The summed E-state index contributed by atoms with van der Waals surface area (Å²) in [5.74, 6) is 0.0653. The number of carbonyl (C=O) groups is 2. The number of nitrogens with zero attached hydrogens (tertiary/aromatic N) is 1. The van der Waals surface area contributed by atoms with Crippen LogP contribution in [0.15, 0.2) is 54.6 Å². The summed E-state index contributed by atoms with van der Waals surface area (Å²) in [4.78, 5) is 27.7. The molecule has 0 unspecified atom stereocenters. The van der Waals surface area contributed by atoms with Gasteiger partial charge in [0, 0.05) is 17.1 Å². The molecule has 26 heavy (non-hydrogen) atoms. The first kappa shape index (κ1) is 18.4. The second-order valence-corrected chi connectivity index (χ2v) is 6.86. The molecule has 5 nitrogen and oxygen atoms in total. The SMILES string of the molecule is O=C(C[NH+]1CCN(C(=O)c2ccccc2)CC1)NCc1ccccc1Cl. The van der Waals surface area contributed by atoms with Crippen molar-refractivity contribution in [1.29, 1.82) is 0 Å². The first-order valence-electron chi connectivity index (χ1n) is 8.81. The van der Waals surface area contributed by atoms with Crippen LogP contribution in [0.3, 0.4) is 0 Å². The number of amides is 2. The minimum absolute atomic E-state index is 0.00255. The molecule has 2 aromatic rings. The monoisotopic (exact) mass is 372 g/mol. The average molecular weight is 373 g/mol. The van der Waals surface area contributed by atoms with Crippen LogP contribution >= 0.6 is 11.6 Å². The van der Waals surface area contributed by atoms with Gasteiger partial charge in [-0.3, -0.25) is 9.59 Å². The van der Waals surface area contributed by atoms with Crippen LogP contribution in [0, 0.1) is 0 Å². The van der Waals surface area contributed by atoms with Crippen LogP contribution in [-0.4, -0.2) is 49.4 Å². The molecule has 1 heterocycles. The van der Waals surface area contributed by atoms with Crippen molar-refractivity contribution < 1.29 is 14.5 Å². The molecule has 0 saturated carbocycles. The molecule has 6 heteroatoms. The molecule has 0 radical (unpaired) electrons. The van der Waals surface area contributed by atoms with E-state index in [1.54, 1.807) is 0 Å². The molecule has 0 atom stereocenters. The topological polar surface area (TPSA) is 53.9 Å². The van der Waals surface area contributed by atoms with Crippen LogP contribution in [0.4, 0.5) is 0 Å². The third kappa shape index (κ3) is 4.84. The number of quaternary nitrogens is 1. The van der Waals surface area contributed by atoms with Gasteiger partial charge in [0.1, 0.15) is 0 Å². The molecule has 2 N–H and O–H groups in total. The predicted molar refractivity (Wildman–Crippen MR) is 101 cm³/mol. The van der Waals surface area contributed by atoms with Crippen molar-refractivity contribution in [2.75, 3.05) is 32.7 Å². The second kappa shape index (κ2) is 8.83. The van der Waals surface area contributed by atoms with Gasteiger partial charge in [0.05, 0.1) is 26.2 Å². The molecule has 2 amide bonds. The summed E-state index contributed by atoms with van der Waals surface area (Å²) in [5.41, 5.74) is 1.63. The highest BCUT2D eigenvalue weighted by Crippen LogP contribution is 2.14. The molecule has 0 aliphatic carbocycles. The highest BCUT2D eigenvalue weighted by Gasteiger charge is 2.25. The zero-order valence-corrected chi connectivity index (χ0v) is 15.3. The minimum atomic E-state index is 0.00255. The van der Waals surface area contributed by atoms with Crippen molar-refractivity contribution >= 4 is 23.4 Å². The van der Waals surface area contributed by atoms with E-state index >= 15 is 0 Å². The Labute approximate surface area is 158 Å². The van der Waals surface area contributed by atoms with E-state index < -0.39 is 0 Å². The molecule has 0 spiro atoms. The smallest absolute Gasteiger partial charge is 0.275 e. The summed E-state index contributed by atoms with van der Waals surface area (Å²) >= 11 is 6.10. The van der Waals surface area contributed by atoms with Crippen molar-refractivity contribution in [1.82, 2.24) is 10.2 Å². The molecule has 2 aromatic carbocycles. The predicted octanol–water partition coefficient (Wildman–Crippen LogP) is 0.997. The van der Waals surface area contributed by atoms with Crippen LogP contribution < -0.4 is 10.2 Å². The maximum atomic E-state index is 12.4. The number of benzene rings is 2. The highest BCUT2D eigenvalue weighted by molar-refractivity contribution is 6.31. The van der Waals surface area contributed by atoms with Crippen molar-refractivity contribution in [3.8, 4) is 0 Å². The van der Waals surface area contributed by atoms with E-state index in [0.717, 1.165) is 18.7 Å². The maximum absolute atomic E-state index is 12.4. The van der Waals surface area contributed by atoms with Crippen LogP contribution in [0.2, 0.25) is 5.02 Å². The second-order valence-electron chi connectivity index (χ2n) is 6.45. The quantitative estimate of drug-likeness (QED) is 0.822. The molecule has 1 aliphatic rings. The van der Waals surface area contributed by atoms with Gasteiger partial charge in [0.2, 0.25) is 0 Å². The maximum Gasteiger partial charge on any atom is 0.275 e. The van der Waals surface area contributed by atoms with Gasteiger partial charge in [0.15, 0.2) is 6.54 Å². The number of hydrogen-bond donors (Lipinski definition) is 2. The summed E-state index contributed by atoms with van der Waals surface area (Å²) in [7, 11) is 0. The Morgan fingerprint density at radius 3 is 2.35 bits per heavy atom. The van der Waals surface area contributed by atoms with Crippen LogP contribution in [0.5, 0.6) is 0 Å². The lowest BCUT2D eigenvalue weighted by Gasteiger charge is -2.32.